The number of rotatable bonds is 7. The van der Waals surface area contributed by atoms with Crippen molar-refractivity contribution in [1.29, 1.82) is 0 Å². The van der Waals surface area contributed by atoms with Crippen LogP contribution in [0.2, 0.25) is 0 Å². The van der Waals surface area contributed by atoms with E-state index in [1.165, 1.54) is 28.8 Å². The van der Waals surface area contributed by atoms with Gasteiger partial charge < -0.3 is 15.2 Å². The van der Waals surface area contributed by atoms with E-state index >= 15 is 0 Å². The molecule has 0 aliphatic rings. The van der Waals surface area contributed by atoms with Crippen molar-refractivity contribution in [1.82, 2.24) is 0 Å². The molecule has 0 saturated carbocycles. The van der Waals surface area contributed by atoms with Gasteiger partial charge in [-0.25, -0.2) is 9.18 Å². The van der Waals surface area contributed by atoms with Gasteiger partial charge in [0, 0.05) is 17.2 Å². The number of hydrogen-bond donors (Lipinski definition) is 2. The molecule has 116 valence electrons. The fraction of sp³-hybridized carbons (Fsp3) is 0.200. The summed E-state index contributed by atoms with van der Waals surface area (Å²) in [6.07, 6.45) is 0.552. The number of aromatic carboxylic acids is 1. The van der Waals surface area contributed by atoms with Crippen molar-refractivity contribution < 1.29 is 23.8 Å². The van der Waals surface area contributed by atoms with Crippen LogP contribution in [0.5, 0.6) is 5.75 Å². The Balaban J connectivity index is 1.75. The van der Waals surface area contributed by atoms with E-state index < -0.39 is 11.8 Å². The summed E-state index contributed by atoms with van der Waals surface area (Å²) in [6.45, 7) is 0.198. The summed E-state index contributed by atoms with van der Waals surface area (Å²) in [6, 6.07) is 6.04. The third-order valence-corrected chi connectivity index (χ3v) is 3.55. The van der Waals surface area contributed by atoms with E-state index in [0.29, 0.717) is 6.42 Å². The van der Waals surface area contributed by atoms with E-state index in [1.807, 2.05) is 0 Å². The number of nitrogens with one attached hydrogen (secondary N) is 1. The molecule has 2 N–H and O–H groups in total. The Bertz CT molecular complexity index is 671. The van der Waals surface area contributed by atoms with Crippen LogP contribution in [0.15, 0.2) is 35.0 Å². The zero-order chi connectivity index (χ0) is 15.9. The molecule has 22 heavy (non-hydrogen) atoms. The quantitative estimate of drug-likeness (QED) is 0.766. The first-order valence-electron chi connectivity index (χ1n) is 6.54. The van der Waals surface area contributed by atoms with Gasteiger partial charge in [0.2, 0.25) is 5.91 Å². The average molecular weight is 323 g/mol. The minimum Gasteiger partial charge on any atom is -0.491 e. The third kappa shape index (κ3) is 4.29. The first-order valence-corrected chi connectivity index (χ1v) is 7.49. The van der Waals surface area contributed by atoms with Crippen molar-refractivity contribution in [2.24, 2.45) is 0 Å². The lowest BCUT2D eigenvalue weighted by molar-refractivity contribution is -0.116. The second-order valence-electron chi connectivity index (χ2n) is 4.43. The predicted octanol–water partition coefficient (Wildman–Crippen LogP) is 3.38. The highest BCUT2D eigenvalue weighted by Crippen LogP contribution is 2.21. The molecule has 0 fully saturated rings. The summed E-state index contributed by atoms with van der Waals surface area (Å²) < 4.78 is 18.5. The van der Waals surface area contributed by atoms with Gasteiger partial charge in [-0.2, -0.15) is 0 Å². The lowest BCUT2D eigenvalue weighted by Gasteiger charge is -2.07. The smallest absolute Gasteiger partial charge is 0.338 e. The molecule has 0 unspecified atom stereocenters. The molecule has 1 aromatic carbocycles. The van der Waals surface area contributed by atoms with E-state index in [-0.39, 0.29) is 35.9 Å². The number of carboxylic acids is 1. The Hall–Kier alpha value is -2.41. The summed E-state index contributed by atoms with van der Waals surface area (Å²) >= 11 is 1.20. The molecule has 0 aliphatic carbocycles. The Morgan fingerprint density at radius 1 is 1.27 bits per heavy atom. The van der Waals surface area contributed by atoms with Crippen LogP contribution in [-0.2, 0) is 4.79 Å². The van der Waals surface area contributed by atoms with Crippen molar-refractivity contribution in [2.75, 3.05) is 11.9 Å². The number of anilines is 1. The minimum atomic E-state index is -1.08. The first kappa shape index (κ1) is 16.0. The van der Waals surface area contributed by atoms with Crippen molar-refractivity contribution >= 4 is 28.9 Å². The van der Waals surface area contributed by atoms with E-state index in [2.05, 4.69) is 5.32 Å². The molecule has 0 atom stereocenters. The van der Waals surface area contributed by atoms with Crippen LogP contribution < -0.4 is 10.1 Å². The maximum Gasteiger partial charge on any atom is 0.338 e. The lowest BCUT2D eigenvalue weighted by Crippen LogP contribution is -2.14. The SMILES string of the molecule is O=C(CCCOc1ccccc1F)Nc1cscc1C(=O)O. The van der Waals surface area contributed by atoms with Gasteiger partial charge in [-0.15, -0.1) is 11.3 Å². The van der Waals surface area contributed by atoms with Crippen LogP contribution in [0.4, 0.5) is 10.1 Å². The Kier molecular flexibility index (Phi) is 5.48. The average Bonchev–Trinajstić information content (AvgIpc) is 2.93. The van der Waals surface area contributed by atoms with E-state index in [4.69, 9.17) is 9.84 Å². The zero-order valence-corrected chi connectivity index (χ0v) is 12.4. The molecule has 0 radical (unpaired) electrons. The Morgan fingerprint density at radius 3 is 2.77 bits per heavy atom. The predicted molar refractivity (Wildman–Crippen MR) is 81.0 cm³/mol. The number of hydrogen-bond acceptors (Lipinski definition) is 4. The van der Waals surface area contributed by atoms with Crippen molar-refractivity contribution in [3.63, 3.8) is 0 Å². The van der Waals surface area contributed by atoms with Gasteiger partial charge in [-0.1, -0.05) is 12.1 Å². The molecule has 0 aliphatic heterocycles. The van der Waals surface area contributed by atoms with Gasteiger partial charge in [0.15, 0.2) is 11.6 Å². The number of benzene rings is 1. The van der Waals surface area contributed by atoms with E-state index in [9.17, 15) is 14.0 Å². The van der Waals surface area contributed by atoms with Crippen molar-refractivity contribution in [2.45, 2.75) is 12.8 Å². The van der Waals surface area contributed by atoms with Gasteiger partial charge in [0.25, 0.3) is 0 Å². The number of para-hydroxylation sites is 1. The number of halogens is 1. The zero-order valence-electron chi connectivity index (χ0n) is 11.5. The van der Waals surface area contributed by atoms with E-state index in [1.54, 1.807) is 17.5 Å². The van der Waals surface area contributed by atoms with Crippen LogP contribution in [0.1, 0.15) is 23.2 Å². The molecule has 2 rings (SSSR count). The standard InChI is InChI=1S/C15H14FNO4S/c16-11-4-1-2-5-13(11)21-7-3-6-14(18)17-12-9-22-8-10(12)15(19)20/h1-2,4-5,8-9H,3,6-7H2,(H,17,18)(H,19,20). The van der Waals surface area contributed by atoms with Crippen LogP contribution in [0, 0.1) is 5.82 Å². The van der Waals surface area contributed by atoms with Crippen LogP contribution in [0.3, 0.4) is 0 Å². The summed E-state index contributed by atoms with van der Waals surface area (Å²) in [4.78, 5) is 22.6. The lowest BCUT2D eigenvalue weighted by atomic mass is 10.2. The molecule has 1 aromatic heterocycles. The number of amides is 1. The number of ether oxygens (including phenoxy) is 1. The largest absolute Gasteiger partial charge is 0.491 e. The molecular weight excluding hydrogens is 309 g/mol. The maximum absolute atomic E-state index is 13.3. The topological polar surface area (TPSA) is 75.6 Å². The monoisotopic (exact) mass is 323 g/mol. The number of carbonyl (C=O) groups excluding carboxylic acids is 1. The number of carboxylic acid groups (broad SMARTS) is 1. The van der Waals surface area contributed by atoms with Crippen molar-refractivity contribution in [3.8, 4) is 5.75 Å². The molecule has 1 heterocycles. The van der Waals surface area contributed by atoms with Gasteiger partial charge in [-0.05, 0) is 18.6 Å². The van der Waals surface area contributed by atoms with Crippen LogP contribution >= 0.6 is 11.3 Å². The summed E-state index contributed by atoms with van der Waals surface area (Å²) in [5.74, 6) is -1.69. The highest BCUT2D eigenvalue weighted by Gasteiger charge is 2.13. The molecule has 5 nitrogen and oxygen atoms in total. The second kappa shape index (κ2) is 7.56. The third-order valence-electron chi connectivity index (χ3n) is 2.81. The van der Waals surface area contributed by atoms with Gasteiger partial charge in [0.1, 0.15) is 0 Å². The fourth-order valence-electron chi connectivity index (χ4n) is 1.75. The molecule has 0 saturated heterocycles. The fourth-order valence-corrected chi connectivity index (χ4v) is 2.50. The Labute approximate surface area is 130 Å². The summed E-state index contributed by atoms with van der Waals surface area (Å²) in [7, 11) is 0. The van der Waals surface area contributed by atoms with E-state index in [0.717, 1.165) is 0 Å². The molecule has 2 aromatic rings. The van der Waals surface area contributed by atoms with Crippen LogP contribution in [0.25, 0.3) is 0 Å². The first-order chi connectivity index (χ1) is 10.6. The van der Waals surface area contributed by atoms with Crippen molar-refractivity contribution in [3.05, 3.63) is 46.4 Å². The molecule has 0 spiro atoms. The molecule has 1 amide bonds. The van der Waals surface area contributed by atoms with Gasteiger partial charge >= 0.3 is 5.97 Å². The number of carbonyl (C=O) groups is 2. The normalized spacial score (nSPS) is 10.2. The van der Waals surface area contributed by atoms with Gasteiger partial charge in [-0.3, -0.25) is 4.79 Å². The number of thiophene rings is 1. The molecular formula is C15H14FNO4S. The summed E-state index contributed by atoms with van der Waals surface area (Å²) in [5, 5.41) is 14.5. The molecule has 0 bridgehead atoms. The highest BCUT2D eigenvalue weighted by atomic mass is 32.1. The second-order valence-corrected chi connectivity index (χ2v) is 5.18. The molecule has 7 heteroatoms. The minimum absolute atomic E-state index is 0.0703. The Morgan fingerprint density at radius 2 is 2.05 bits per heavy atom. The van der Waals surface area contributed by atoms with Gasteiger partial charge in [0.05, 0.1) is 17.9 Å². The highest BCUT2D eigenvalue weighted by molar-refractivity contribution is 7.08. The summed E-state index contributed by atoms with van der Waals surface area (Å²) in [5.41, 5.74) is 0.360. The van der Waals surface area contributed by atoms with Crippen LogP contribution in [-0.4, -0.2) is 23.6 Å². The maximum atomic E-state index is 13.3.